The second-order valence-corrected chi connectivity index (χ2v) is 8.18. The molecule has 2 fully saturated rings. The zero-order chi connectivity index (χ0) is 20.1. The zero-order valence-electron chi connectivity index (χ0n) is 17.3. The molecule has 154 valence electrons. The number of carbonyl (C=O) groups excluding carboxylic acids is 1. The van der Waals surface area contributed by atoms with Crippen LogP contribution in [-0.4, -0.2) is 60.5 Å². The molecule has 0 bridgehead atoms. The Hall–Kier alpha value is -2.40. The first kappa shape index (κ1) is 19.9. The molecule has 29 heavy (non-hydrogen) atoms. The highest BCUT2D eigenvalue weighted by molar-refractivity contribution is 5.78. The standard InChI is InChI=1S/C24H31N3O2/c1-29-23-10-3-2-7-20(23)17-21-8-6-9-22(25-21)19-11-15-27(16-12-19)24(28)18-26-13-4-5-14-26/h2-3,6-10,19H,4-5,11-18H2,1H3. The molecule has 0 saturated carbocycles. The smallest absolute Gasteiger partial charge is 0.236 e. The normalized spacial score (nSPS) is 18.2. The van der Waals surface area contributed by atoms with Crippen molar-refractivity contribution < 1.29 is 9.53 Å². The van der Waals surface area contributed by atoms with Gasteiger partial charge in [-0.05, 0) is 57.0 Å². The van der Waals surface area contributed by atoms with Gasteiger partial charge < -0.3 is 9.64 Å². The SMILES string of the molecule is COc1ccccc1Cc1cccc(C2CCN(C(=O)CN3CCCC3)CC2)n1. The first-order valence-corrected chi connectivity index (χ1v) is 10.8. The number of amides is 1. The summed E-state index contributed by atoms with van der Waals surface area (Å²) in [4.78, 5) is 21.9. The van der Waals surface area contributed by atoms with Crippen molar-refractivity contribution in [1.29, 1.82) is 0 Å². The number of carbonyl (C=O) groups is 1. The van der Waals surface area contributed by atoms with Crippen molar-refractivity contribution in [2.75, 3.05) is 39.8 Å². The third-order valence-corrected chi connectivity index (χ3v) is 6.22. The molecule has 0 aliphatic carbocycles. The number of likely N-dealkylation sites (tertiary alicyclic amines) is 2. The molecule has 1 amide bonds. The fourth-order valence-electron chi connectivity index (χ4n) is 4.52. The molecule has 5 nitrogen and oxygen atoms in total. The lowest BCUT2D eigenvalue weighted by atomic mass is 9.92. The third kappa shape index (κ3) is 4.96. The van der Waals surface area contributed by atoms with Crippen molar-refractivity contribution in [1.82, 2.24) is 14.8 Å². The van der Waals surface area contributed by atoms with Crippen molar-refractivity contribution in [3.8, 4) is 5.75 Å². The molecule has 2 aliphatic rings. The molecule has 1 aromatic heterocycles. The second kappa shape index (κ2) is 9.40. The summed E-state index contributed by atoms with van der Waals surface area (Å²) in [6.45, 7) is 4.43. The number of piperidine rings is 1. The maximum absolute atomic E-state index is 12.6. The van der Waals surface area contributed by atoms with Gasteiger partial charge in [0, 0.05) is 42.4 Å². The molecule has 1 aromatic carbocycles. The molecule has 5 heteroatoms. The Morgan fingerprint density at radius 1 is 1.03 bits per heavy atom. The van der Waals surface area contributed by atoms with Crippen LogP contribution < -0.4 is 4.74 Å². The molecule has 0 N–H and O–H groups in total. The lowest BCUT2D eigenvalue weighted by Gasteiger charge is -2.33. The van der Waals surface area contributed by atoms with Crippen molar-refractivity contribution in [2.24, 2.45) is 0 Å². The fourth-order valence-corrected chi connectivity index (χ4v) is 4.52. The van der Waals surface area contributed by atoms with Gasteiger partial charge in [0.1, 0.15) is 5.75 Å². The van der Waals surface area contributed by atoms with Gasteiger partial charge in [-0.1, -0.05) is 24.3 Å². The summed E-state index contributed by atoms with van der Waals surface area (Å²) in [6, 6.07) is 14.5. The van der Waals surface area contributed by atoms with Gasteiger partial charge in [-0.3, -0.25) is 14.7 Å². The topological polar surface area (TPSA) is 45.7 Å². The number of benzene rings is 1. The number of nitrogens with zero attached hydrogens (tertiary/aromatic N) is 3. The maximum Gasteiger partial charge on any atom is 0.236 e. The van der Waals surface area contributed by atoms with Crippen LogP contribution >= 0.6 is 0 Å². The van der Waals surface area contributed by atoms with Gasteiger partial charge in [0.25, 0.3) is 0 Å². The fraction of sp³-hybridized carbons (Fsp3) is 0.500. The van der Waals surface area contributed by atoms with Gasteiger partial charge in [-0.2, -0.15) is 0 Å². The average Bonchev–Trinajstić information content (AvgIpc) is 3.27. The van der Waals surface area contributed by atoms with E-state index in [4.69, 9.17) is 9.72 Å². The quantitative estimate of drug-likeness (QED) is 0.754. The highest BCUT2D eigenvalue weighted by Crippen LogP contribution is 2.28. The van der Waals surface area contributed by atoms with Gasteiger partial charge in [-0.25, -0.2) is 0 Å². The molecule has 2 aliphatic heterocycles. The van der Waals surface area contributed by atoms with E-state index in [0.29, 0.717) is 18.4 Å². The number of aromatic nitrogens is 1. The van der Waals surface area contributed by atoms with Gasteiger partial charge in [0.15, 0.2) is 0 Å². The number of ether oxygens (including phenoxy) is 1. The van der Waals surface area contributed by atoms with E-state index < -0.39 is 0 Å². The van der Waals surface area contributed by atoms with E-state index in [1.807, 2.05) is 23.1 Å². The number of para-hydroxylation sites is 1. The molecule has 2 saturated heterocycles. The summed E-state index contributed by atoms with van der Waals surface area (Å²) in [5, 5.41) is 0. The minimum atomic E-state index is 0.295. The summed E-state index contributed by atoms with van der Waals surface area (Å²) < 4.78 is 5.48. The molecular weight excluding hydrogens is 362 g/mol. The molecule has 0 atom stereocenters. The Morgan fingerprint density at radius 3 is 2.55 bits per heavy atom. The Kier molecular flexibility index (Phi) is 6.45. The maximum atomic E-state index is 12.6. The molecular formula is C24H31N3O2. The van der Waals surface area contributed by atoms with Crippen molar-refractivity contribution in [2.45, 2.75) is 38.0 Å². The van der Waals surface area contributed by atoms with Crippen LogP contribution in [0.5, 0.6) is 5.75 Å². The Morgan fingerprint density at radius 2 is 1.79 bits per heavy atom. The second-order valence-electron chi connectivity index (χ2n) is 8.18. The monoisotopic (exact) mass is 393 g/mol. The van der Waals surface area contributed by atoms with E-state index in [-0.39, 0.29) is 0 Å². The van der Waals surface area contributed by atoms with Crippen LogP contribution in [0.4, 0.5) is 0 Å². The lowest BCUT2D eigenvalue weighted by molar-refractivity contribution is -0.133. The molecule has 0 unspecified atom stereocenters. The minimum Gasteiger partial charge on any atom is -0.496 e. The largest absolute Gasteiger partial charge is 0.496 e. The van der Waals surface area contributed by atoms with Crippen molar-refractivity contribution >= 4 is 5.91 Å². The van der Waals surface area contributed by atoms with E-state index in [9.17, 15) is 4.79 Å². The average molecular weight is 394 g/mol. The van der Waals surface area contributed by atoms with Crippen molar-refractivity contribution in [3.63, 3.8) is 0 Å². The highest BCUT2D eigenvalue weighted by Gasteiger charge is 2.26. The summed E-state index contributed by atoms with van der Waals surface area (Å²) in [5.74, 6) is 1.64. The summed E-state index contributed by atoms with van der Waals surface area (Å²) in [6.07, 6.45) is 5.22. The zero-order valence-corrected chi connectivity index (χ0v) is 17.3. The predicted octanol–water partition coefficient (Wildman–Crippen LogP) is 3.48. The van der Waals surface area contributed by atoms with Crippen LogP contribution in [0.3, 0.4) is 0 Å². The van der Waals surface area contributed by atoms with E-state index in [1.54, 1.807) is 7.11 Å². The predicted molar refractivity (Wildman–Crippen MR) is 114 cm³/mol. The summed E-state index contributed by atoms with van der Waals surface area (Å²) >= 11 is 0. The van der Waals surface area contributed by atoms with Gasteiger partial charge in [-0.15, -0.1) is 0 Å². The van der Waals surface area contributed by atoms with Crippen LogP contribution in [0.2, 0.25) is 0 Å². The minimum absolute atomic E-state index is 0.295. The number of methoxy groups -OCH3 is 1. The first-order valence-electron chi connectivity index (χ1n) is 10.8. The number of hydrogen-bond acceptors (Lipinski definition) is 4. The highest BCUT2D eigenvalue weighted by atomic mass is 16.5. The van der Waals surface area contributed by atoms with Crippen LogP contribution in [0.1, 0.15) is 48.6 Å². The Bertz CT molecular complexity index is 824. The first-order chi connectivity index (χ1) is 14.2. The van der Waals surface area contributed by atoms with E-state index in [2.05, 4.69) is 29.2 Å². The number of hydrogen-bond donors (Lipinski definition) is 0. The van der Waals surface area contributed by atoms with Crippen LogP contribution in [-0.2, 0) is 11.2 Å². The van der Waals surface area contributed by atoms with Crippen LogP contribution in [0.15, 0.2) is 42.5 Å². The van der Waals surface area contributed by atoms with Crippen LogP contribution in [0.25, 0.3) is 0 Å². The summed E-state index contributed by atoms with van der Waals surface area (Å²) in [7, 11) is 1.71. The Labute approximate surface area is 173 Å². The molecule has 2 aromatic rings. The summed E-state index contributed by atoms with van der Waals surface area (Å²) in [5.41, 5.74) is 3.38. The lowest BCUT2D eigenvalue weighted by Crippen LogP contribution is -2.43. The molecule has 0 radical (unpaired) electrons. The van der Waals surface area contributed by atoms with E-state index in [0.717, 1.165) is 68.1 Å². The van der Waals surface area contributed by atoms with Crippen molar-refractivity contribution in [3.05, 3.63) is 59.4 Å². The van der Waals surface area contributed by atoms with Crippen LogP contribution in [0, 0.1) is 0 Å². The van der Waals surface area contributed by atoms with Gasteiger partial charge in [0.2, 0.25) is 5.91 Å². The van der Waals surface area contributed by atoms with E-state index >= 15 is 0 Å². The van der Waals surface area contributed by atoms with Gasteiger partial charge in [0.05, 0.1) is 13.7 Å². The van der Waals surface area contributed by atoms with E-state index in [1.165, 1.54) is 12.8 Å². The number of rotatable bonds is 6. The Balaban J connectivity index is 1.35. The molecule has 0 spiro atoms. The number of pyridine rings is 1. The molecule has 4 rings (SSSR count). The van der Waals surface area contributed by atoms with Gasteiger partial charge >= 0.3 is 0 Å². The third-order valence-electron chi connectivity index (χ3n) is 6.22. The molecule has 3 heterocycles.